The molecule has 3 N–H and O–H groups in total. The SMILES string of the molecule is C=CCCC(=O)N(Cc1ccoc1)C1C=C(C(=O)NCCO)C2c3cc(C=O)cc(OC)c3OC2C1O. The second-order valence-corrected chi connectivity index (χ2v) is 8.88. The fraction of sp³-hybridized carbons (Fsp3) is 0.370. The van der Waals surface area contributed by atoms with Gasteiger partial charge in [0.05, 0.1) is 38.2 Å². The molecule has 1 aromatic heterocycles. The van der Waals surface area contributed by atoms with Crippen molar-refractivity contribution >= 4 is 18.1 Å². The zero-order chi connectivity index (χ0) is 26.5. The third kappa shape index (κ3) is 5.16. The molecule has 2 amide bonds. The van der Waals surface area contributed by atoms with Gasteiger partial charge in [-0.2, -0.15) is 0 Å². The van der Waals surface area contributed by atoms with Crippen LogP contribution in [0, 0.1) is 0 Å². The zero-order valence-electron chi connectivity index (χ0n) is 20.5. The number of carbonyl (C=O) groups excluding carboxylic acids is 3. The summed E-state index contributed by atoms with van der Waals surface area (Å²) in [6.07, 6.45) is 5.34. The van der Waals surface area contributed by atoms with Crippen molar-refractivity contribution in [1.29, 1.82) is 0 Å². The molecule has 0 bridgehead atoms. The number of fused-ring (bicyclic) bond motifs is 3. The number of hydrogen-bond donors (Lipinski definition) is 3. The maximum absolute atomic E-state index is 13.3. The Morgan fingerprint density at radius 3 is 2.78 bits per heavy atom. The molecular formula is C27H30N2O8. The summed E-state index contributed by atoms with van der Waals surface area (Å²) in [5.74, 6) is -0.832. The van der Waals surface area contributed by atoms with Gasteiger partial charge in [0.2, 0.25) is 11.8 Å². The third-order valence-electron chi connectivity index (χ3n) is 6.59. The van der Waals surface area contributed by atoms with Crippen molar-refractivity contribution in [3.63, 3.8) is 0 Å². The molecule has 0 spiro atoms. The number of allylic oxidation sites excluding steroid dienone is 1. The lowest BCUT2D eigenvalue weighted by Crippen LogP contribution is -2.55. The minimum Gasteiger partial charge on any atom is -0.493 e. The normalized spacial score (nSPS) is 21.6. The average Bonchev–Trinajstić information content (AvgIpc) is 3.57. The van der Waals surface area contributed by atoms with Gasteiger partial charge in [0, 0.05) is 41.8 Å². The molecule has 4 atom stereocenters. The summed E-state index contributed by atoms with van der Waals surface area (Å²) in [5, 5.41) is 23.5. The topological polar surface area (TPSA) is 139 Å². The molecule has 4 unspecified atom stereocenters. The van der Waals surface area contributed by atoms with E-state index in [0.29, 0.717) is 40.9 Å². The van der Waals surface area contributed by atoms with E-state index >= 15 is 0 Å². The average molecular weight is 511 g/mol. The zero-order valence-corrected chi connectivity index (χ0v) is 20.5. The van der Waals surface area contributed by atoms with Crippen LogP contribution in [0.2, 0.25) is 0 Å². The first kappa shape index (κ1) is 26.2. The Kier molecular flexibility index (Phi) is 8.10. The highest BCUT2D eigenvalue weighted by molar-refractivity contribution is 5.96. The number of nitrogens with one attached hydrogen (secondary N) is 1. The Balaban J connectivity index is 1.81. The molecule has 10 nitrogen and oxygen atoms in total. The lowest BCUT2D eigenvalue weighted by molar-refractivity contribution is -0.138. The molecular weight excluding hydrogens is 480 g/mol. The maximum atomic E-state index is 13.3. The van der Waals surface area contributed by atoms with E-state index in [9.17, 15) is 24.6 Å². The van der Waals surface area contributed by atoms with Gasteiger partial charge in [-0.1, -0.05) is 6.08 Å². The van der Waals surface area contributed by atoms with Gasteiger partial charge in [0.25, 0.3) is 0 Å². The predicted molar refractivity (Wildman–Crippen MR) is 132 cm³/mol. The van der Waals surface area contributed by atoms with Crippen LogP contribution in [-0.2, 0) is 16.1 Å². The Labute approximate surface area is 214 Å². The van der Waals surface area contributed by atoms with Crippen LogP contribution in [0.15, 0.2) is 59.4 Å². The van der Waals surface area contributed by atoms with Gasteiger partial charge >= 0.3 is 0 Å². The highest BCUT2D eigenvalue weighted by Crippen LogP contribution is 2.51. The lowest BCUT2D eigenvalue weighted by Gasteiger charge is -2.40. The summed E-state index contributed by atoms with van der Waals surface area (Å²) in [4.78, 5) is 39.7. The molecule has 0 radical (unpaired) electrons. The second-order valence-electron chi connectivity index (χ2n) is 8.88. The molecule has 10 heteroatoms. The molecule has 1 aromatic carbocycles. The van der Waals surface area contributed by atoms with Crippen LogP contribution >= 0.6 is 0 Å². The van der Waals surface area contributed by atoms with Crippen molar-refractivity contribution in [2.75, 3.05) is 20.3 Å². The number of aldehydes is 1. The van der Waals surface area contributed by atoms with Gasteiger partial charge < -0.3 is 34.3 Å². The minimum atomic E-state index is -1.21. The molecule has 37 heavy (non-hydrogen) atoms. The summed E-state index contributed by atoms with van der Waals surface area (Å²) in [6, 6.07) is 3.94. The van der Waals surface area contributed by atoms with Gasteiger partial charge in [0.1, 0.15) is 18.5 Å². The number of amides is 2. The first-order valence-electron chi connectivity index (χ1n) is 12.0. The van der Waals surface area contributed by atoms with Crippen LogP contribution in [-0.4, -0.2) is 71.7 Å². The van der Waals surface area contributed by atoms with Gasteiger partial charge in [0.15, 0.2) is 11.5 Å². The number of aliphatic hydroxyl groups excluding tert-OH is 2. The molecule has 0 fully saturated rings. The van der Waals surface area contributed by atoms with Gasteiger partial charge in [-0.15, -0.1) is 6.58 Å². The van der Waals surface area contributed by atoms with Crippen molar-refractivity contribution in [1.82, 2.24) is 10.2 Å². The van der Waals surface area contributed by atoms with E-state index in [0.717, 1.165) is 0 Å². The number of ether oxygens (including phenoxy) is 2. The second kappa shape index (κ2) is 11.4. The minimum absolute atomic E-state index is 0.0171. The highest BCUT2D eigenvalue weighted by Gasteiger charge is 2.51. The number of carbonyl (C=O) groups is 3. The fourth-order valence-corrected chi connectivity index (χ4v) is 4.87. The molecule has 1 aliphatic carbocycles. The van der Waals surface area contributed by atoms with Crippen LogP contribution in [0.3, 0.4) is 0 Å². The van der Waals surface area contributed by atoms with Crippen molar-refractivity contribution in [3.05, 3.63) is 71.7 Å². The van der Waals surface area contributed by atoms with E-state index in [-0.39, 0.29) is 37.6 Å². The number of hydrogen-bond acceptors (Lipinski definition) is 8. The van der Waals surface area contributed by atoms with E-state index in [1.165, 1.54) is 30.6 Å². The van der Waals surface area contributed by atoms with Crippen LogP contribution in [0.25, 0.3) is 0 Å². The quantitative estimate of drug-likeness (QED) is 0.307. The summed E-state index contributed by atoms with van der Waals surface area (Å²) >= 11 is 0. The van der Waals surface area contributed by atoms with Gasteiger partial charge in [-0.25, -0.2) is 0 Å². The number of rotatable bonds is 11. The van der Waals surface area contributed by atoms with Crippen molar-refractivity contribution < 1.29 is 38.5 Å². The molecule has 1 aliphatic heterocycles. The summed E-state index contributed by atoms with van der Waals surface area (Å²) in [6.45, 7) is 3.57. The molecule has 4 rings (SSSR count). The number of aliphatic hydroxyl groups is 2. The van der Waals surface area contributed by atoms with Crippen molar-refractivity contribution in [3.8, 4) is 11.5 Å². The summed E-state index contributed by atoms with van der Waals surface area (Å²) < 4.78 is 16.8. The highest BCUT2D eigenvalue weighted by atomic mass is 16.5. The number of furan rings is 1. The molecule has 196 valence electrons. The Bertz CT molecular complexity index is 1190. The Morgan fingerprint density at radius 2 is 2.14 bits per heavy atom. The molecule has 2 aromatic rings. The maximum Gasteiger partial charge on any atom is 0.247 e. The van der Waals surface area contributed by atoms with Crippen LogP contribution in [0.1, 0.15) is 40.2 Å². The van der Waals surface area contributed by atoms with Gasteiger partial charge in [-0.05, 0) is 30.7 Å². The first-order valence-corrected chi connectivity index (χ1v) is 12.0. The first-order chi connectivity index (χ1) is 17.9. The van der Waals surface area contributed by atoms with Crippen molar-refractivity contribution in [2.24, 2.45) is 0 Å². The monoisotopic (exact) mass is 510 g/mol. The number of methoxy groups -OCH3 is 1. The smallest absolute Gasteiger partial charge is 0.247 e. The van der Waals surface area contributed by atoms with E-state index < -0.39 is 30.1 Å². The fourth-order valence-electron chi connectivity index (χ4n) is 4.87. The van der Waals surface area contributed by atoms with Crippen molar-refractivity contribution in [2.45, 2.75) is 43.6 Å². The largest absolute Gasteiger partial charge is 0.493 e. The number of benzene rings is 1. The van der Waals surface area contributed by atoms with E-state index in [1.807, 2.05) is 0 Å². The standard InChI is InChI=1S/C27H30N2O8/c1-3-4-5-22(32)29(13-16-6-9-36-15-16)20-12-19(27(34)28-7-8-30)23-18-10-17(14-31)11-21(35-2)25(18)37-26(23)24(20)33/h3,6,9-12,14-15,20,23-24,26,30,33H,1,4-5,7-8,13H2,2H3,(H,28,34). The van der Waals surface area contributed by atoms with E-state index in [4.69, 9.17) is 13.9 Å². The number of nitrogens with zero attached hydrogens (tertiary/aromatic N) is 1. The third-order valence-corrected chi connectivity index (χ3v) is 6.59. The Morgan fingerprint density at radius 1 is 1.32 bits per heavy atom. The Hall–Kier alpha value is -3.89. The van der Waals surface area contributed by atoms with E-state index in [1.54, 1.807) is 24.3 Å². The molecule has 0 saturated heterocycles. The van der Waals surface area contributed by atoms with Crippen LogP contribution in [0.5, 0.6) is 11.5 Å². The van der Waals surface area contributed by atoms with Gasteiger partial charge in [-0.3, -0.25) is 14.4 Å². The molecule has 2 heterocycles. The summed E-state index contributed by atoms with van der Waals surface area (Å²) in [5.41, 5.74) is 1.82. The summed E-state index contributed by atoms with van der Waals surface area (Å²) in [7, 11) is 1.43. The lowest BCUT2D eigenvalue weighted by atomic mass is 9.77. The molecule has 2 aliphatic rings. The predicted octanol–water partition coefficient (Wildman–Crippen LogP) is 1.72. The molecule has 0 saturated carbocycles. The van der Waals surface area contributed by atoms with Crippen LogP contribution < -0.4 is 14.8 Å². The van der Waals surface area contributed by atoms with Crippen LogP contribution in [0.4, 0.5) is 0 Å². The van der Waals surface area contributed by atoms with E-state index in [2.05, 4.69) is 11.9 Å².